The lowest BCUT2D eigenvalue weighted by molar-refractivity contribution is -0.120. The molecule has 4 heteroatoms. The molecule has 0 radical (unpaired) electrons. The second-order valence-corrected chi connectivity index (χ2v) is 4.92. The van der Waals surface area contributed by atoms with Gasteiger partial charge in [0.15, 0.2) is 0 Å². The fourth-order valence-corrected chi connectivity index (χ4v) is 1.71. The Morgan fingerprint density at radius 1 is 1.56 bits per heavy atom. The van der Waals surface area contributed by atoms with Gasteiger partial charge < -0.3 is 16.0 Å². The zero-order valence-corrected chi connectivity index (χ0v) is 10.7. The number of rotatable bonds is 8. The topological polar surface area (TPSA) is 58.4 Å². The summed E-state index contributed by atoms with van der Waals surface area (Å²) >= 11 is 0. The van der Waals surface area contributed by atoms with Crippen LogP contribution in [0.1, 0.15) is 39.5 Å². The van der Waals surface area contributed by atoms with E-state index in [1.807, 2.05) is 0 Å². The fraction of sp³-hybridized carbons (Fsp3) is 0.917. The monoisotopic (exact) mass is 227 g/mol. The van der Waals surface area contributed by atoms with E-state index in [9.17, 15) is 4.79 Å². The van der Waals surface area contributed by atoms with E-state index in [0.717, 1.165) is 19.4 Å². The van der Waals surface area contributed by atoms with Crippen molar-refractivity contribution in [3.63, 3.8) is 0 Å². The predicted molar refractivity (Wildman–Crippen MR) is 66.1 cm³/mol. The molecular weight excluding hydrogens is 202 g/mol. The molecule has 0 aromatic heterocycles. The quantitative estimate of drug-likeness (QED) is 0.642. The molecule has 16 heavy (non-hydrogen) atoms. The largest absolute Gasteiger partial charge is 0.368 e. The number of nitrogens with two attached hydrogens (primary N) is 1. The first-order valence-corrected chi connectivity index (χ1v) is 6.30. The number of hydrogen-bond acceptors (Lipinski definition) is 3. The van der Waals surface area contributed by atoms with E-state index >= 15 is 0 Å². The number of carbonyl (C=O) groups excluding carboxylic acids is 1. The average molecular weight is 227 g/mol. The number of nitrogens with one attached hydrogen (secondary N) is 1. The fourth-order valence-electron chi connectivity index (χ4n) is 1.71. The molecule has 4 nitrogen and oxygen atoms in total. The average Bonchev–Trinajstić information content (AvgIpc) is 3.05. The molecule has 1 saturated carbocycles. The van der Waals surface area contributed by atoms with Gasteiger partial charge in [-0.25, -0.2) is 0 Å². The molecule has 0 aromatic rings. The van der Waals surface area contributed by atoms with Crippen LogP contribution in [-0.4, -0.2) is 42.5 Å². The second-order valence-electron chi connectivity index (χ2n) is 4.92. The van der Waals surface area contributed by atoms with Crippen LogP contribution in [0.5, 0.6) is 0 Å². The number of carbonyl (C=O) groups is 1. The molecule has 1 rings (SSSR count). The Hall–Kier alpha value is -0.610. The summed E-state index contributed by atoms with van der Waals surface area (Å²) in [5, 5.41) is 3.30. The summed E-state index contributed by atoms with van der Waals surface area (Å²) in [4.78, 5) is 13.5. The highest BCUT2D eigenvalue weighted by Crippen LogP contribution is 2.20. The number of hydrogen-bond donors (Lipinski definition) is 2. The standard InChI is InChI=1S/C12H25N3O/c1-4-9(2)15(3)8-7-11(12(13)16)14-10-5-6-10/h9-11,14H,4-8H2,1-3H3,(H2,13,16). The van der Waals surface area contributed by atoms with Gasteiger partial charge in [-0.3, -0.25) is 4.79 Å². The highest BCUT2D eigenvalue weighted by molar-refractivity contribution is 5.79. The molecule has 2 atom stereocenters. The molecule has 1 fully saturated rings. The van der Waals surface area contributed by atoms with E-state index in [4.69, 9.17) is 5.73 Å². The summed E-state index contributed by atoms with van der Waals surface area (Å²) in [7, 11) is 2.10. The molecule has 0 saturated heterocycles. The third-order valence-electron chi connectivity index (χ3n) is 3.47. The van der Waals surface area contributed by atoms with Crippen LogP contribution in [0, 0.1) is 0 Å². The molecule has 2 unspecified atom stereocenters. The van der Waals surface area contributed by atoms with Crippen LogP contribution in [0.15, 0.2) is 0 Å². The predicted octanol–water partition coefficient (Wildman–Crippen LogP) is 0.713. The molecular formula is C12H25N3O. The summed E-state index contributed by atoms with van der Waals surface area (Å²) in [6, 6.07) is 0.944. The zero-order chi connectivity index (χ0) is 12.1. The van der Waals surface area contributed by atoms with Crippen LogP contribution in [0.2, 0.25) is 0 Å². The highest BCUT2D eigenvalue weighted by atomic mass is 16.1. The molecule has 0 aromatic carbocycles. The van der Waals surface area contributed by atoms with Crippen molar-refractivity contribution < 1.29 is 4.79 Å². The lowest BCUT2D eigenvalue weighted by Crippen LogP contribution is -2.45. The number of amides is 1. The first-order chi connectivity index (χ1) is 7.54. The van der Waals surface area contributed by atoms with Gasteiger partial charge in [0.25, 0.3) is 0 Å². The van der Waals surface area contributed by atoms with Gasteiger partial charge in [-0.2, -0.15) is 0 Å². The molecule has 1 aliphatic carbocycles. The van der Waals surface area contributed by atoms with Crippen molar-refractivity contribution in [3.8, 4) is 0 Å². The Kier molecular flexibility index (Phi) is 5.22. The van der Waals surface area contributed by atoms with Gasteiger partial charge in [-0.15, -0.1) is 0 Å². The SMILES string of the molecule is CCC(C)N(C)CCC(NC1CC1)C(N)=O. The first kappa shape index (κ1) is 13.5. The van der Waals surface area contributed by atoms with Crippen LogP contribution in [0.4, 0.5) is 0 Å². The number of primary amides is 1. The van der Waals surface area contributed by atoms with Gasteiger partial charge in [-0.05, 0) is 39.7 Å². The normalized spacial score (nSPS) is 19.8. The lowest BCUT2D eigenvalue weighted by atomic mass is 10.1. The van der Waals surface area contributed by atoms with Gasteiger partial charge in [0.1, 0.15) is 0 Å². The summed E-state index contributed by atoms with van der Waals surface area (Å²) in [5.41, 5.74) is 5.39. The van der Waals surface area contributed by atoms with Crippen molar-refractivity contribution in [3.05, 3.63) is 0 Å². The third-order valence-corrected chi connectivity index (χ3v) is 3.47. The molecule has 0 aliphatic heterocycles. The van der Waals surface area contributed by atoms with E-state index in [-0.39, 0.29) is 11.9 Å². The minimum absolute atomic E-state index is 0.154. The summed E-state index contributed by atoms with van der Waals surface area (Å²) < 4.78 is 0. The zero-order valence-electron chi connectivity index (χ0n) is 10.7. The molecule has 1 amide bonds. The Labute approximate surface area is 98.6 Å². The van der Waals surface area contributed by atoms with E-state index in [0.29, 0.717) is 12.1 Å². The van der Waals surface area contributed by atoms with Gasteiger partial charge in [0.2, 0.25) is 5.91 Å². The van der Waals surface area contributed by atoms with Crippen molar-refractivity contribution in [2.24, 2.45) is 5.73 Å². The summed E-state index contributed by atoms with van der Waals surface area (Å²) in [6.45, 7) is 5.30. The van der Waals surface area contributed by atoms with Gasteiger partial charge in [-0.1, -0.05) is 6.92 Å². The Morgan fingerprint density at radius 2 is 2.19 bits per heavy atom. The third kappa shape index (κ3) is 4.49. The molecule has 0 bridgehead atoms. The van der Waals surface area contributed by atoms with Crippen molar-refractivity contribution >= 4 is 5.91 Å². The highest BCUT2D eigenvalue weighted by Gasteiger charge is 2.27. The second kappa shape index (κ2) is 6.21. The van der Waals surface area contributed by atoms with Crippen LogP contribution in [0.25, 0.3) is 0 Å². The Morgan fingerprint density at radius 3 is 2.62 bits per heavy atom. The molecule has 3 N–H and O–H groups in total. The van der Waals surface area contributed by atoms with E-state index < -0.39 is 0 Å². The van der Waals surface area contributed by atoms with Crippen molar-refractivity contribution in [2.75, 3.05) is 13.6 Å². The van der Waals surface area contributed by atoms with Gasteiger partial charge in [0, 0.05) is 18.6 Å². The van der Waals surface area contributed by atoms with E-state index in [2.05, 4.69) is 31.1 Å². The maximum Gasteiger partial charge on any atom is 0.234 e. The minimum atomic E-state index is -0.218. The minimum Gasteiger partial charge on any atom is -0.368 e. The van der Waals surface area contributed by atoms with E-state index in [1.54, 1.807) is 0 Å². The maximum absolute atomic E-state index is 11.3. The molecule has 94 valence electrons. The summed E-state index contributed by atoms with van der Waals surface area (Å²) in [6.07, 6.45) is 4.32. The Bertz CT molecular complexity index is 228. The Balaban J connectivity index is 2.28. The van der Waals surface area contributed by atoms with Crippen LogP contribution in [0.3, 0.4) is 0 Å². The molecule has 0 spiro atoms. The lowest BCUT2D eigenvalue weighted by Gasteiger charge is -2.25. The van der Waals surface area contributed by atoms with Crippen molar-refractivity contribution in [1.29, 1.82) is 0 Å². The smallest absolute Gasteiger partial charge is 0.234 e. The van der Waals surface area contributed by atoms with Gasteiger partial charge >= 0.3 is 0 Å². The maximum atomic E-state index is 11.3. The number of nitrogens with zero attached hydrogens (tertiary/aromatic N) is 1. The summed E-state index contributed by atoms with van der Waals surface area (Å²) in [5.74, 6) is -0.218. The molecule has 0 heterocycles. The first-order valence-electron chi connectivity index (χ1n) is 6.30. The van der Waals surface area contributed by atoms with Crippen molar-refractivity contribution in [1.82, 2.24) is 10.2 Å². The molecule has 1 aliphatic rings. The van der Waals surface area contributed by atoms with Crippen LogP contribution in [-0.2, 0) is 4.79 Å². The van der Waals surface area contributed by atoms with Crippen LogP contribution >= 0.6 is 0 Å². The van der Waals surface area contributed by atoms with Gasteiger partial charge in [0.05, 0.1) is 6.04 Å². The van der Waals surface area contributed by atoms with E-state index in [1.165, 1.54) is 12.8 Å². The van der Waals surface area contributed by atoms with Crippen LogP contribution < -0.4 is 11.1 Å². The van der Waals surface area contributed by atoms with Crippen molar-refractivity contribution in [2.45, 2.75) is 57.7 Å².